The van der Waals surface area contributed by atoms with Gasteiger partial charge in [-0.2, -0.15) is 0 Å². The van der Waals surface area contributed by atoms with Crippen LogP contribution >= 0.6 is 0 Å². The van der Waals surface area contributed by atoms with Crippen LogP contribution in [0.4, 0.5) is 11.5 Å². The molecule has 0 bridgehead atoms. The zero-order valence-corrected chi connectivity index (χ0v) is 12.0. The molecule has 0 fully saturated rings. The Morgan fingerprint density at radius 3 is 3.05 bits per heavy atom. The minimum absolute atomic E-state index is 0.703. The Bertz CT molecular complexity index is 749. The lowest BCUT2D eigenvalue weighted by Crippen LogP contribution is -2.01. The molecule has 6 heteroatoms. The van der Waals surface area contributed by atoms with Gasteiger partial charge < -0.3 is 11.1 Å². The highest BCUT2D eigenvalue weighted by atomic mass is 15.3. The molecule has 0 atom stereocenters. The van der Waals surface area contributed by atoms with Gasteiger partial charge in [-0.25, -0.2) is 4.98 Å². The lowest BCUT2D eigenvalue weighted by atomic mass is 10.1. The van der Waals surface area contributed by atoms with Gasteiger partial charge >= 0.3 is 0 Å². The molecule has 0 spiro atoms. The Hall–Kier alpha value is -2.47. The number of anilines is 2. The Morgan fingerprint density at radius 2 is 2.19 bits per heavy atom. The van der Waals surface area contributed by atoms with E-state index in [1.807, 2.05) is 29.7 Å². The van der Waals surface area contributed by atoms with E-state index in [0.29, 0.717) is 12.4 Å². The second-order valence-corrected chi connectivity index (χ2v) is 4.93. The molecule has 3 N–H and O–H groups in total. The van der Waals surface area contributed by atoms with Crippen LogP contribution in [-0.2, 0) is 6.42 Å². The maximum absolute atomic E-state index is 5.56. The SMILES string of the molecule is Cc1nnc2c(Nc3cccc(CCCN)c3)nccn12. The van der Waals surface area contributed by atoms with Crippen molar-refractivity contribution in [2.24, 2.45) is 5.73 Å². The summed E-state index contributed by atoms with van der Waals surface area (Å²) in [6.45, 7) is 2.62. The first kappa shape index (κ1) is 13.5. The lowest BCUT2D eigenvalue weighted by molar-refractivity contribution is 0.833. The zero-order valence-electron chi connectivity index (χ0n) is 12.0. The van der Waals surface area contributed by atoms with Gasteiger partial charge in [-0.3, -0.25) is 4.40 Å². The van der Waals surface area contributed by atoms with Gasteiger partial charge in [0.2, 0.25) is 5.65 Å². The molecular weight excluding hydrogens is 264 g/mol. The van der Waals surface area contributed by atoms with E-state index in [1.54, 1.807) is 6.20 Å². The van der Waals surface area contributed by atoms with Crippen molar-refractivity contribution in [3.8, 4) is 0 Å². The van der Waals surface area contributed by atoms with Crippen molar-refractivity contribution in [3.63, 3.8) is 0 Å². The van der Waals surface area contributed by atoms with Gasteiger partial charge in [-0.05, 0) is 44.0 Å². The number of nitrogens with zero attached hydrogens (tertiary/aromatic N) is 4. The number of aryl methyl sites for hydroxylation is 2. The van der Waals surface area contributed by atoms with Crippen molar-refractivity contribution in [2.45, 2.75) is 19.8 Å². The second kappa shape index (κ2) is 5.88. The van der Waals surface area contributed by atoms with E-state index < -0.39 is 0 Å². The average molecular weight is 282 g/mol. The molecule has 0 amide bonds. The van der Waals surface area contributed by atoms with E-state index in [9.17, 15) is 0 Å². The Labute approximate surface area is 123 Å². The van der Waals surface area contributed by atoms with Crippen LogP contribution < -0.4 is 11.1 Å². The van der Waals surface area contributed by atoms with Crippen LogP contribution in [-0.4, -0.2) is 26.1 Å². The van der Waals surface area contributed by atoms with Crippen molar-refractivity contribution < 1.29 is 0 Å². The molecule has 3 aromatic rings. The summed E-state index contributed by atoms with van der Waals surface area (Å²) in [6, 6.07) is 8.27. The van der Waals surface area contributed by atoms with Crippen LogP contribution in [0.15, 0.2) is 36.7 Å². The molecule has 3 rings (SSSR count). The molecule has 21 heavy (non-hydrogen) atoms. The largest absolute Gasteiger partial charge is 0.337 e. The third kappa shape index (κ3) is 2.85. The third-order valence-corrected chi connectivity index (χ3v) is 3.36. The number of benzene rings is 1. The summed E-state index contributed by atoms with van der Waals surface area (Å²) in [4.78, 5) is 4.35. The van der Waals surface area contributed by atoms with E-state index >= 15 is 0 Å². The second-order valence-electron chi connectivity index (χ2n) is 4.93. The summed E-state index contributed by atoms with van der Waals surface area (Å²) in [5, 5.41) is 11.5. The van der Waals surface area contributed by atoms with Crippen molar-refractivity contribution >= 4 is 17.2 Å². The molecular formula is C15H18N6. The standard InChI is InChI=1S/C15H18N6/c1-11-19-20-15-14(17-8-9-21(11)15)18-13-6-2-4-12(10-13)5-3-7-16/h2,4,6,8-10H,3,5,7,16H2,1H3,(H,17,18). The predicted molar refractivity (Wildman–Crippen MR) is 82.6 cm³/mol. The fourth-order valence-corrected chi connectivity index (χ4v) is 2.28. The number of nitrogens with two attached hydrogens (primary N) is 1. The van der Waals surface area contributed by atoms with E-state index in [4.69, 9.17) is 5.73 Å². The number of nitrogens with one attached hydrogen (secondary N) is 1. The van der Waals surface area contributed by atoms with E-state index in [0.717, 1.165) is 30.0 Å². The summed E-state index contributed by atoms with van der Waals surface area (Å²) in [7, 11) is 0. The number of rotatable bonds is 5. The average Bonchev–Trinajstić information content (AvgIpc) is 2.88. The number of fused-ring (bicyclic) bond motifs is 1. The number of hydrogen-bond donors (Lipinski definition) is 2. The molecule has 2 aromatic heterocycles. The normalized spacial score (nSPS) is 11.0. The van der Waals surface area contributed by atoms with Crippen molar-refractivity contribution in [1.29, 1.82) is 0 Å². The molecule has 0 saturated carbocycles. The lowest BCUT2D eigenvalue weighted by Gasteiger charge is -2.08. The van der Waals surface area contributed by atoms with Gasteiger partial charge in [-0.15, -0.1) is 10.2 Å². The van der Waals surface area contributed by atoms with Gasteiger partial charge in [-0.1, -0.05) is 12.1 Å². The topological polar surface area (TPSA) is 81.1 Å². The number of hydrogen-bond acceptors (Lipinski definition) is 5. The molecule has 1 aromatic carbocycles. The van der Waals surface area contributed by atoms with Gasteiger partial charge in [0.25, 0.3) is 0 Å². The van der Waals surface area contributed by atoms with Crippen LogP contribution in [0.2, 0.25) is 0 Å². The minimum atomic E-state index is 0.703. The van der Waals surface area contributed by atoms with Crippen molar-refractivity contribution in [3.05, 3.63) is 48.0 Å². The maximum atomic E-state index is 5.56. The van der Waals surface area contributed by atoms with Crippen LogP contribution in [0.3, 0.4) is 0 Å². The van der Waals surface area contributed by atoms with E-state index in [1.165, 1.54) is 5.56 Å². The first-order chi connectivity index (χ1) is 10.3. The number of aromatic nitrogens is 4. The minimum Gasteiger partial charge on any atom is -0.337 e. The summed E-state index contributed by atoms with van der Waals surface area (Å²) < 4.78 is 1.91. The van der Waals surface area contributed by atoms with Crippen LogP contribution in [0.1, 0.15) is 17.8 Å². The summed E-state index contributed by atoms with van der Waals surface area (Å²) in [6.07, 6.45) is 5.56. The van der Waals surface area contributed by atoms with Gasteiger partial charge in [0.05, 0.1) is 0 Å². The van der Waals surface area contributed by atoms with Gasteiger partial charge in [0.1, 0.15) is 5.82 Å². The molecule has 0 aliphatic rings. The van der Waals surface area contributed by atoms with E-state index in [-0.39, 0.29) is 0 Å². The molecule has 6 nitrogen and oxygen atoms in total. The van der Waals surface area contributed by atoms with Crippen LogP contribution in [0.25, 0.3) is 5.65 Å². The highest BCUT2D eigenvalue weighted by molar-refractivity contribution is 5.69. The van der Waals surface area contributed by atoms with Crippen LogP contribution in [0.5, 0.6) is 0 Å². The molecule has 0 unspecified atom stereocenters. The Kier molecular flexibility index (Phi) is 3.79. The summed E-state index contributed by atoms with van der Waals surface area (Å²) >= 11 is 0. The van der Waals surface area contributed by atoms with Gasteiger partial charge in [0.15, 0.2) is 5.82 Å². The molecule has 0 saturated heterocycles. The van der Waals surface area contributed by atoms with Crippen molar-refractivity contribution in [2.75, 3.05) is 11.9 Å². The zero-order chi connectivity index (χ0) is 14.7. The highest BCUT2D eigenvalue weighted by Crippen LogP contribution is 2.20. The monoisotopic (exact) mass is 282 g/mol. The molecule has 0 radical (unpaired) electrons. The predicted octanol–water partition coefficient (Wildman–Crippen LogP) is 2.07. The third-order valence-electron chi connectivity index (χ3n) is 3.36. The quantitative estimate of drug-likeness (QED) is 0.748. The van der Waals surface area contributed by atoms with E-state index in [2.05, 4.69) is 32.6 Å². The Balaban J connectivity index is 1.88. The smallest absolute Gasteiger partial charge is 0.204 e. The van der Waals surface area contributed by atoms with Crippen LogP contribution in [0, 0.1) is 6.92 Å². The molecule has 108 valence electrons. The maximum Gasteiger partial charge on any atom is 0.204 e. The highest BCUT2D eigenvalue weighted by Gasteiger charge is 2.08. The first-order valence-corrected chi connectivity index (χ1v) is 7.00. The molecule has 0 aliphatic heterocycles. The molecule has 0 aliphatic carbocycles. The van der Waals surface area contributed by atoms with Crippen molar-refractivity contribution in [1.82, 2.24) is 19.6 Å². The fourth-order valence-electron chi connectivity index (χ4n) is 2.28. The Morgan fingerprint density at radius 1 is 1.29 bits per heavy atom. The first-order valence-electron chi connectivity index (χ1n) is 7.00. The summed E-state index contributed by atoms with van der Waals surface area (Å²) in [5.74, 6) is 1.54. The summed E-state index contributed by atoms with van der Waals surface area (Å²) in [5.41, 5.74) is 8.53. The van der Waals surface area contributed by atoms with Gasteiger partial charge in [0, 0.05) is 18.1 Å². The molecule has 2 heterocycles. The fraction of sp³-hybridized carbons (Fsp3) is 0.267.